The molecular formula is C24H31N3O. The van der Waals surface area contributed by atoms with Crippen LogP contribution in [0.15, 0.2) is 48.7 Å². The van der Waals surface area contributed by atoms with Crippen LogP contribution >= 0.6 is 0 Å². The Balaban J connectivity index is 1.28. The Morgan fingerprint density at radius 3 is 2.39 bits per heavy atom. The summed E-state index contributed by atoms with van der Waals surface area (Å²) in [4.78, 5) is 19.3. The molecule has 1 aliphatic heterocycles. The third-order valence-electron chi connectivity index (χ3n) is 6.27. The minimum atomic E-state index is -0.0278. The Hall–Kier alpha value is -2.36. The Labute approximate surface area is 168 Å². The van der Waals surface area contributed by atoms with Gasteiger partial charge < -0.3 is 10.2 Å². The molecule has 1 aromatic heterocycles. The number of benzene rings is 1. The van der Waals surface area contributed by atoms with Crippen LogP contribution in [-0.2, 0) is 6.42 Å². The minimum Gasteiger partial charge on any atom is -0.370 e. The molecule has 1 amide bonds. The van der Waals surface area contributed by atoms with Gasteiger partial charge in [0.05, 0.1) is 11.9 Å². The minimum absolute atomic E-state index is 0.0278. The van der Waals surface area contributed by atoms with Crippen molar-refractivity contribution >= 4 is 11.6 Å². The molecule has 1 saturated heterocycles. The van der Waals surface area contributed by atoms with Crippen LogP contribution in [0.4, 0.5) is 5.69 Å². The van der Waals surface area contributed by atoms with E-state index in [-0.39, 0.29) is 5.91 Å². The van der Waals surface area contributed by atoms with Crippen LogP contribution in [0.25, 0.3) is 0 Å². The Kier molecular flexibility index (Phi) is 6.25. The van der Waals surface area contributed by atoms with Crippen LogP contribution in [0.3, 0.4) is 0 Å². The number of anilines is 1. The summed E-state index contributed by atoms with van der Waals surface area (Å²) in [5, 5.41) is 3.15. The molecule has 0 spiro atoms. The zero-order chi connectivity index (χ0) is 19.2. The van der Waals surface area contributed by atoms with Gasteiger partial charge in [0.2, 0.25) is 0 Å². The van der Waals surface area contributed by atoms with Crippen molar-refractivity contribution in [2.75, 3.05) is 18.0 Å². The number of rotatable bonds is 5. The normalized spacial score (nSPS) is 18.8. The van der Waals surface area contributed by atoms with Crippen LogP contribution in [0.1, 0.15) is 61.0 Å². The topological polar surface area (TPSA) is 45.2 Å². The smallest absolute Gasteiger partial charge is 0.270 e. The van der Waals surface area contributed by atoms with Crippen molar-refractivity contribution in [3.8, 4) is 0 Å². The number of hydrogen-bond donors (Lipinski definition) is 1. The third-order valence-corrected chi connectivity index (χ3v) is 6.27. The predicted octanol–water partition coefficient (Wildman–Crippen LogP) is 4.60. The molecule has 28 heavy (non-hydrogen) atoms. The van der Waals surface area contributed by atoms with Crippen LogP contribution in [0, 0.1) is 5.92 Å². The zero-order valence-electron chi connectivity index (χ0n) is 16.6. The van der Waals surface area contributed by atoms with Crippen molar-refractivity contribution in [3.63, 3.8) is 0 Å². The van der Waals surface area contributed by atoms with Crippen molar-refractivity contribution in [2.24, 2.45) is 5.92 Å². The van der Waals surface area contributed by atoms with Crippen molar-refractivity contribution in [2.45, 2.75) is 57.4 Å². The standard InChI is InChI=1S/C24H31N3O/c28-24(26-21-9-5-2-6-10-21)23-12-11-22(18-25-23)27-15-13-20(14-16-27)17-19-7-3-1-4-8-19/h1,3-4,7-8,11-12,18,20-21H,2,5-6,9-10,13-17H2,(H,26,28). The number of carbonyl (C=O) groups excluding carboxylic acids is 1. The number of aromatic nitrogens is 1. The summed E-state index contributed by atoms with van der Waals surface area (Å²) in [6.45, 7) is 2.12. The van der Waals surface area contributed by atoms with E-state index in [1.165, 1.54) is 44.1 Å². The maximum Gasteiger partial charge on any atom is 0.270 e. The van der Waals surface area contributed by atoms with E-state index in [9.17, 15) is 4.79 Å². The molecule has 4 rings (SSSR count). The van der Waals surface area contributed by atoms with Crippen molar-refractivity contribution in [3.05, 3.63) is 59.9 Å². The fraction of sp³-hybridized carbons (Fsp3) is 0.500. The Morgan fingerprint density at radius 2 is 1.71 bits per heavy atom. The zero-order valence-corrected chi connectivity index (χ0v) is 16.6. The predicted molar refractivity (Wildman–Crippen MR) is 114 cm³/mol. The third kappa shape index (κ3) is 4.92. The van der Waals surface area contributed by atoms with Crippen LogP contribution in [0.2, 0.25) is 0 Å². The maximum atomic E-state index is 12.4. The second-order valence-corrected chi connectivity index (χ2v) is 8.33. The lowest BCUT2D eigenvalue weighted by Gasteiger charge is -2.33. The van der Waals surface area contributed by atoms with Gasteiger partial charge in [0.1, 0.15) is 5.69 Å². The highest BCUT2D eigenvalue weighted by molar-refractivity contribution is 5.92. The molecular weight excluding hydrogens is 346 g/mol. The van der Waals surface area contributed by atoms with Gasteiger partial charge in [0.15, 0.2) is 0 Å². The largest absolute Gasteiger partial charge is 0.370 e. The molecule has 2 fully saturated rings. The molecule has 1 N–H and O–H groups in total. The first-order valence-corrected chi connectivity index (χ1v) is 10.8. The van der Waals surface area contributed by atoms with Gasteiger partial charge in [-0.1, -0.05) is 49.6 Å². The summed E-state index contributed by atoms with van der Waals surface area (Å²) < 4.78 is 0. The second kappa shape index (κ2) is 9.22. The fourth-order valence-electron chi connectivity index (χ4n) is 4.56. The summed E-state index contributed by atoms with van der Waals surface area (Å²) in [5.41, 5.74) is 3.11. The number of amides is 1. The van der Waals surface area contributed by atoms with Crippen LogP contribution < -0.4 is 10.2 Å². The lowest BCUT2D eigenvalue weighted by Crippen LogP contribution is -2.37. The number of nitrogens with zero attached hydrogens (tertiary/aromatic N) is 2. The molecule has 1 aromatic carbocycles. The van der Waals surface area contributed by atoms with Gasteiger partial charge in [-0.05, 0) is 55.7 Å². The number of carbonyl (C=O) groups is 1. The molecule has 0 radical (unpaired) electrons. The van der Waals surface area contributed by atoms with Crippen molar-refractivity contribution in [1.82, 2.24) is 10.3 Å². The van der Waals surface area contributed by atoms with Crippen molar-refractivity contribution in [1.29, 1.82) is 0 Å². The molecule has 148 valence electrons. The summed E-state index contributed by atoms with van der Waals surface area (Å²) in [5.74, 6) is 0.729. The monoisotopic (exact) mass is 377 g/mol. The molecule has 0 unspecified atom stereocenters. The summed E-state index contributed by atoms with van der Waals surface area (Å²) in [6.07, 6.45) is 11.4. The van der Waals surface area contributed by atoms with Crippen molar-refractivity contribution < 1.29 is 4.79 Å². The summed E-state index contributed by atoms with van der Waals surface area (Å²) >= 11 is 0. The highest BCUT2D eigenvalue weighted by Crippen LogP contribution is 2.25. The molecule has 1 saturated carbocycles. The van der Waals surface area contributed by atoms with E-state index in [0.717, 1.165) is 37.5 Å². The van der Waals surface area contributed by atoms with E-state index in [1.807, 2.05) is 12.3 Å². The van der Waals surface area contributed by atoms with E-state index in [0.29, 0.717) is 11.7 Å². The van der Waals surface area contributed by atoms with Gasteiger partial charge in [-0.3, -0.25) is 4.79 Å². The van der Waals surface area contributed by atoms with Gasteiger partial charge in [0.25, 0.3) is 5.91 Å². The lowest BCUT2D eigenvalue weighted by molar-refractivity contribution is 0.0922. The molecule has 4 nitrogen and oxygen atoms in total. The molecule has 2 aromatic rings. The average Bonchev–Trinajstić information content (AvgIpc) is 2.76. The van der Waals surface area contributed by atoms with Gasteiger partial charge in [-0.15, -0.1) is 0 Å². The average molecular weight is 378 g/mol. The SMILES string of the molecule is O=C(NC1CCCCC1)c1ccc(N2CCC(Cc3ccccc3)CC2)cn1. The summed E-state index contributed by atoms with van der Waals surface area (Å²) in [7, 11) is 0. The van der Waals surface area contributed by atoms with Crippen LogP contribution in [0.5, 0.6) is 0 Å². The highest BCUT2D eigenvalue weighted by atomic mass is 16.1. The van der Waals surface area contributed by atoms with E-state index in [4.69, 9.17) is 0 Å². The number of pyridine rings is 1. The molecule has 0 bridgehead atoms. The van der Waals surface area contributed by atoms with Gasteiger partial charge in [-0.2, -0.15) is 0 Å². The number of nitrogens with one attached hydrogen (secondary N) is 1. The van der Waals surface area contributed by atoms with Gasteiger partial charge in [0, 0.05) is 19.1 Å². The highest BCUT2D eigenvalue weighted by Gasteiger charge is 2.21. The maximum absolute atomic E-state index is 12.4. The molecule has 4 heteroatoms. The molecule has 0 atom stereocenters. The summed E-state index contributed by atoms with van der Waals surface area (Å²) in [6, 6.07) is 15.1. The quantitative estimate of drug-likeness (QED) is 0.828. The van der Waals surface area contributed by atoms with Crippen LogP contribution in [-0.4, -0.2) is 30.0 Å². The fourth-order valence-corrected chi connectivity index (χ4v) is 4.56. The van der Waals surface area contributed by atoms with E-state index < -0.39 is 0 Å². The molecule has 1 aliphatic carbocycles. The van der Waals surface area contributed by atoms with E-state index >= 15 is 0 Å². The lowest BCUT2D eigenvalue weighted by atomic mass is 9.90. The second-order valence-electron chi connectivity index (χ2n) is 8.33. The van der Waals surface area contributed by atoms with Gasteiger partial charge >= 0.3 is 0 Å². The molecule has 2 aliphatic rings. The first-order valence-electron chi connectivity index (χ1n) is 10.8. The first-order chi connectivity index (χ1) is 13.8. The first kappa shape index (κ1) is 19.0. The van der Waals surface area contributed by atoms with E-state index in [1.54, 1.807) is 0 Å². The number of piperidine rings is 1. The van der Waals surface area contributed by atoms with E-state index in [2.05, 4.69) is 51.6 Å². The Bertz CT molecular complexity index is 745. The Morgan fingerprint density at radius 1 is 0.964 bits per heavy atom. The molecule has 2 heterocycles. The number of hydrogen-bond acceptors (Lipinski definition) is 3. The van der Waals surface area contributed by atoms with Gasteiger partial charge in [-0.25, -0.2) is 4.98 Å².